The maximum absolute atomic E-state index is 12.1. The lowest BCUT2D eigenvalue weighted by Gasteiger charge is -2.26. The van der Waals surface area contributed by atoms with Crippen molar-refractivity contribution in [2.45, 2.75) is 40.5 Å². The first-order valence-corrected chi connectivity index (χ1v) is 6.69. The van der Waals surface area contributed by atoms with Gasteiger partial charge in [-0.15, -0.1) is 0 Å². The summed E-state index contributed by atoms with van der Waals surface area (Å²) >= 11 is 0. The number of amides is 1. The molecule has 0 saturated heterocycles. The van der Waals surface area contributed by atoms with Crippen molar-refractivity contribution in [1.82, 2.24) is 9.80 Å². The van der Waals surface area contributed by atoms with Crippen LogP contribution in [0.3, 0.4) is 0 Å². The molecule has 0 spiro atoms. The number of nitrogens with zero attached hydrogens (tertiary/aromatic N) is 2. The van der Waals surface area contributed by atoms with Crippen LogP contribution < -0.4 is 0 Å². The molecule has 1 amide bonds. The minimum atomic E-state index is 0.247. The molecule has 0 aromatic carbocycles. The Balaban J connectivity index is 4.29. The van der Waals surface area contributed by atoms with Crippen LogP contribution in [-0.4, -0.2) is 48.4 Å². The average Bonchev–Trinajstić information content (AvgIpc) is 2.27. The van der Waals surface area contributed by atoms with Gasteiger partial charge >= 0.3 is 0 Å². The highest BCUT2D eigenvalue weighted by molar-refractivity contribution is 5.78. The summed E-state index contributed by atoms with van der Waals surface area (Å²) in [5, 5.41) is 0. The van der Waals surface area contributed by atoms with Gasteiger partial charge in [0.2, 0.25) is 5.91 Å². The predicted molar refractivity (Wildman–Crippen MR) is 74.1 cm³/mol. The Hall–Kier alpha value is -0.830. The molecule has 0 saturated carbocycles. The van der Waals surface area contributed by atoms with E-state index in [4.69, 9.17) is 0 Å². The van der Waals surface area contributed by atoms with Crippen LogP contribution in [0, 0.1) is 0 Å². The monoisotopic (exact) mass is 240 g/mol. The molecule has 17 heavy (non-hydrogen) atoms. The van der Waals surface area contributed by atoms with E-state index in [2.05, 4.69) is 32.3 Å². The normalized spacial score (nSPS) is 10.6. The van der Waals surface area contributed by atoms with E-state index in [0.29, 0.717) is 6.54 Å². The van der Waals surface area contributed by atoms with Gasteiger partial charge in [0.15, 0.2) is 0 Å². The van der Waals surface area contributed by atoms with E-state index in [1.54, 1.807) is 0 Å². The van der Waals surface area contributed by atoms with Crippen molar-refractivity contribution in [3.63, 3.8) is 0 Å². The highest BCUT2D eigenvalue weighted by Crippen LogP contribution is 2.00. The van der Waals surface area contributed by atoms with Gasteiger partial charge in [-0.2, -0.15) is 0 Å². The van der Waals surface area contributed by atoms with Crippen LogP contribution in [-0.2, 0) is 4.79 Å². The van der Waals surface area contributed by atoms with Crippen molar-refractivity contribution in [3.8, 4) is 0 Å². The van der Waals surface area contributed by atoms with Crippen molar-refractivity contribution in [3.05, 3.63) is 12.2 Å². The van der Waals surface area contributed by atoms with Crippen LogP contribution in [0.5, 0.6) is 0 Å². The maximum Gasteiger partial charge on any atom is 0.236 e. The second kappa shape index (κ2) is 9.23. The van der Waals surface area contributed by atoms with E-state index < -0.39 is 0 Å². The van der Waals surface area contributed by atoms with Gasteiger partial charge in [0.25, 0.3) is 0 Å². The van der Waals surface area contributed by atoms with Crippen LogP contribution in [0.1, 0.15) is 40.5 Å². The van der Waals surface area contributed by atoms with Crippen molar-refractivity contribution in [1.29, 1.82) is 0 Å². The molecule has 0 aromatic heterocycles. The van der Waals surface area contributed by atoms with Gasteiger partial charge in [0.1, 0.15) is 0 Å². The third-order valence-electron chi connectivity index (χ3n) is 2.64. The highest BCUT2D eigenvalue weighted by atomic mass is 16.2. The number of carbonyl (C=O) groups is 1. The Morgan fingerprint density at radius 1 is 1.06 bits per heavy atom. The quantitative estimate of drug-likeness (QED) is 0.578. The Kier molecular flexibility index (Phi) is 8.78. The summed E-state index contributed by atoms with van der Waals surface area (Å²) in [6.45, 7) is 16.2. The molecule has 3 heteroatoms. The topological polar surface area (TPSA) is 23.6 Å². The van der Waals surface area contributed by atoms with Crippen molar-refractivity contribution in [2.75, 3.05) is 32.7 Å². The van der Waals surface area contributed by atoms with E-state index in [-0.39, 0.29) is 5.91 Å². The molecular weight excluding hydrogens is 212 g/mol. The second-order valence-corrected chi connectivity index (χ2v) is 4.64. The van der Waals surface area contributed by atoms with Gasteiger partial charge in [0.05, 0.1) is 6.54 Å². The third-order valence-corrected chi connectivity index (χ3v) is 2.64. The van der Waals surface area contributed by atoms with Gasteiger partial charge in [0, 0.05) is 19.6 Å². The largest absolute Gasteiger partial charge is 0.342 e. The van der Waals surface area contributed by atoms with Gasteiger partial charge in [-0.05, 0) is 26.3 Å². The first-order chi connectivity index (χ1) is 8.04. The van der Waals surface area contributed by atoms with Gasteiger partial charge < -0.3 is 4.90 Å². The molecule has 0 bridgehead atoms. The first kappa shape index (κ1) is 16.2. The molecule has 3 nitrogen and oxygen atoms in total. The molecule has 0 aliphatic carbocycles. The maximum atomic E-state index is 12.1. The minimum absolute atomic E-state index is 0.247. The molecule has 0 atom stereocenters. The predicted octanol–water partition coefficient (Wildman–Crippen LogP) is 2.53. The summed E-state index contributed by atoms with van der Waals surface area (Å²) in [5.74, 6) is 0.247. The standard InChI is InChI=1S/C14H28N2O/c1-6-9-16(10-7-2)14(17)12-15(8-3)11-13(4)5/h4,6-12H2,1-3,5H3. The van der Waals surface area contributed by atoms with Gasteiger partial charge in [-0.3, -0.25) is 9.69 Å². The Morgan fingerprint density at radius 3 is 1.94 bits per heavy atom. The van der Waals surface area contributed by atoms with E-state index in [0.717, 1.165) is 44.6 Å². The molecule has 0 radical (unpaired) electrons. The lowest BCUT2D eigenvalue weighted by molar-refractivity contribution is -0.132. The fourth-order valence-corrected chi connectivity index (χ4v) is 1.85. The summed E-state index contributed by atoms with van der Waals surface area (Å²) in [6, 6.07) is 0. The molecule has 0 aliphatic rings. The average molecular weight is 240 g/mol. The van der Waals surface area contributed by atoms with E-state index in [1.165, 1.54) is 0 Å². The summed E-state index contributed by atoms with van der Waals surface area (Å²) in [6.07, 6.45) is 2.05. The summed E-state index contributed by atoms with van der Waals surface area (Å²) in [4.78, 5) is 16.2. The van der Waals surface area contributed by atoms with Crippen LogP contribution in [0.4, 0.5) is 0 Å². The fraction of sp³-hybridized carbons (Fsp3) is 0.786. The van der Waals surface area contributed by atoms with E-state index in [9.17, 15) is 4.79 Å². The fourth-order valence-electron chi connectivity index (χ4n) is 1.85. The summed E-state index contributed by atoms with van der Waals surface area (Å²) in [5.41, 5.74) is 1.11. The summed E-state index contributed by atoms with van der Waals surface area (Å²) < 4.78 is 0. The van der Waals surface area contributed by atoms with Crippen LogP contribution in [0.2, 0.25) is 0 Å². The third kappa shape index (κ3) is 7.16. The molecule has 0 aromatic rings. The molecule has 0 aliphatic heterocycles. The van der Waals surface area contributed by atoms with Gasteiger partial charge in [-0.25, -0.2) is 0 Å². The Bertz CT molecular complexity index is 232. The molecule has 0 rings (SSSR count). The van der Waals surface area contributed by atoms with E-state index >= 15 is 0 Å². The Labute approximate surface area is 106 Å². The Morgan fingerprint density at radius 2 is 1.59 bits per heavy atom. The molecule has 0 N–H and O–H groups in total. The van der Waals surface area contributed by atoms with Crippen LogP contribution in [0.15, 0.2) is 12.2 Å². The second-order valence-electron chi connectivity index (χ2n) is 4.64. The van der Waals surface area contributed by atoms with Crippen LogP contribution in [0.25, 0.3) is 0 Å². The zero-order valence-corrected chi connectivity index (χ0v) is 12.0. The first-order valence-electron chi connectivity index (χ1n) is 6.69. The molecule has 100 valence electrons. The van der Waals surface area contributed by atoms with Crippen molar-refractivity contribution in [2.24, 2.45) is 0 Å². The van der Waals surface area contributed by atoms with Crippen LogP contribution >= 0.6 is 0 Å². The zero-order chi connectivity index (χ0) is 13.3. The number of hydrogen-bond acceptors (Lipinski definition) is 2. The molecule has 0 heterocycles. The van der Waals surface area contributed by atoms with Crippen molar-refractivity contribution < 1.29 is 4.79 Å². The van der Waals surface area contributed by atoms with Crippen molar-refractivity contribution >= 4 is 5.91 Å². The zero-order valence-electron chi connectivity index (χ0n) is 12.0. The number of hydrogen-bond donors (Lipinski definition) is 0. The minimum Gasteiger partial charge on any atom is -0.342 e. The molecular formula is C14H28N2O. The SMILES string of the molecule is C=C(C)CN(CC)CC(=O)N(CCC)CCC. The number of carbonyl (C=O) groups excluding carboxylic acids is 1. The lowest BCUT2D eigenvalue weighted by atomic mass is 10.3. The number of rotatable bonds is 9. The number of likely N-dealkylation sites (N-methyl/N-ethyl adjacent to an activating group) is 1. The van der Waals surface area contributed by atoms with E-state index in [1.807, 2.05) is 11.8 Å². The highest BCUT2D eigenvalue weighted by Gasteiger charge is 2.15. The summed E-state index contributed by atoms with van der Waals surface area (Å²) in [7, 11) is 0. The molecule has 0 fully saturated rings. The van der Waals surface area contributed by atoms with Gasteiger partial charge in [-0.1, -0.05) is 32.9 Å². The smallest absolute Gasteiger partial charge is 0.236 e. The lowest BCUT2D eigenvalue weighted by Crippen LogP contribution is -2.41. The molecule has 0 unspecified atom stereocenters.